The molecule has 0 aliphatic heterocycles. The fourth-order valence-corrected chi connectivity index (χ4v) is 4.34. The maximum absolute atomic E-state index is 9.54. The molecule has 3 nitrogen and oxygen atoms in total. The SMILES string of the molecule is Nc1c(CO)sc2nc(-c3cccs3)cc(-c3ccccc3)c12. The highest BCUT2D eigenvalue weighted by Gasteiger charge is 2.17. The number of anilines is 1. The molecule has 114 valence electrons. The van der Waals surface area contributed by atoms with E-state index in [4.69, 9.17) is 10.7 Å². The van der Waals surface area contributed by atoms with Gasteiger partial charge in [0.25, 0.3) is 0 Å². The number of aliphatic hydroxyl groups is 1. The Morgan fingerprint density at radius 3 is 2.61 bits per heavy atom. The van der Waals surface area contributed by atoms with Gasteiger partial charge in [-0.25, -0.2) is 4.98 Å². The average Bonchev–Trinajstić information content (AvgIpc) is 3.23. The van der Waals surface area contributed by atoms with Gasteiger partial charge in [-0.05, 0) is 28.6 Å². The summed E-state index contributed by atoms with van der Waals surface area (Å²) < 4.78 is 0. The van der Waals surface area contributed by atoms with Crippen LogP contribution in [0.4, 0.5) is 5.69 Å². The summed E-state index contributed by atoms with van der Waals surface area (Å²) >= 11 is 3.13. The highest BCUT2D eigenvalue weighted by molar-refractivity contribution is 7.19. The number of nitrogens with two attached hydrogens (primary N) is 1. The lowest BCUT2D eigenvalue weighted by Gasteiger charge is -2.07. The van der Waals surface area contributed by atoms with Crippen LogP contribution in [-0.4, -0.2) is 10.1 Å². The minimum Gasteiger partial charge on any atom is -0.397 e. The van der Waals surface area contributed by atoms with Crippen molar-refractivity contribution in [2.75, 3.05) is 5.73 Å². The van der Waals surface area contributed by atoms with Crippen molar-refractivity contribution in [3.63, 3.8) is 0 Å². The number of aromatic nitrogens is 1. The Hall–Kier alpha value is -2.21. The number of nitrogen functional groups attached to an aromatic ring is 1. The van der Waals surface area contributed by atoms with E-state index in [2.05, 4.69) is 24.3 Å². The molecule has 4 aromatic rings. The van der Waals surface area contributed by atoms with E-state index in [1.54, 1.807) is 11.3 Å². The van der Waals surface area contributed by atoms with Gasteiger partial charge in [0.05, 0.1) is 27.7 Å². The third-order valence-electron chi connectivity index (χ3n) is 3.78. The number of benzene rings is 1. The predicted octanol–water partition coefficient (Wildman–Crippen LogP) is 4.77. The van der Waals surface area contributed by atoms with Crippen LogP contribution in [0.5, 0.6) is 0 Å². The second-order valence-corrected chi connectivity index (χ2v) is 7.21. The topological polar surface area (TPSA) is 59.1 Å². The molecule has 3 aromatic heterocycles. The molecule has 3 N–H and O–H groups in total. The molecule has 4 rings (SSSR count). The quantitative estimate of drug-likeness (QED) is 0.566. The molecule has 23 heavy (non-hydrogen) atoms. The highest BCUT2D eigenvalue weighted by Crippen LogP contribution is 2.41. The van der Waals surface area contributed by atoms with Crippen molar-refractivity contribution in [3.8, 4) is 21.7 Å². The molecule has 0 saturated heterocycles. The maximum atomic E-state index is 9.54. The molecule has 0 radical (unpaired) electrons. The van der Waals surface area contributed by atoms with Gasteiger partial charge >= 0.3 is 0 Å². The number of hydrogen-bond donors (Lipinski definition) is 2. The first-order valence-corrected chi connectivity index (χ1v) is 8.89. The standard InChI is InChI=1S/C18H14N2OS2/c19-17-15(10-21)23-18-16(17)12(11-5-2-1-3-6-11)9-13(20-18)14-7-4-8-22-14/h1-9,21H,10,19H2. The molecule has 0 fully saturated rings. The third kappa shape index (κ3) is 2.43. The highest BCUT2D eigenvalue weighted by atomic mass is 32.1. The van der Waals surface area contributed by atoms with Crippen LogP contribution in [0.3, 0.4) is 0 Å². The number of rotatable bonds is 3. The van der Waals surface area contributed by atoms with Gasteiger partial charge in [-0.15, -0.1) is 22.7 Å². The molecule has 0 unspecified atom stereocenters. The van der Waals surface area contributed by atoms with E-state index in [1.165, 1.54) is 11.3 Å². The number of pyridine rings is 1. The maximum Gasteiger partial charge on any atom is 0.127 e. The van der Waals surface area contributed by atoms with E-state index >= 15 is 0 Å². The first kappa shape index (κ1) is 14.4. The van der Waals surface area contributed by atoms with Crippen molar-refractivity contribution in [1.82, 2.24) is 4.98 Å². The van der Waals surface area contributed by atoms with Gasteiger partial charge in [-0.3, -0.25) is 0 Å². The molecule has 0 saturated carbocycles. The fraction of sp³-hybridized carbons (Fsp3) is 0.0556. The molecule has 3 heterocycles. The van der Waals surface area contributed by atoms with Crippen molar-refractivity contribution in [2.45, 2.75) is 6.61 Å². The summed E-state index contributed by atoms with van der Waals surface area (Å²) in [6.07, 6.45) is 0. The lowest BCUT2D eigenvalue weighted by Crippen LogP contribution is -1.91. The van der Waals surface area contributed by atoms with Gasteiger partial charge < -0.3 is 10.8 Å². The van der Waals surface area contributed by atoms with E-state index in [1.807, 2.05) is 29.6 Å². The molecular formula is C18H14N2OS2. The van der Waals surface area contributed by atoms with Gasteiger partial charge in [0.15, 0.2) is 0 Å². The molecule has 0 aliphatic carbocycles. The van der Waals surface area contributed by atoms with E-state index in [9.17, 15) is 5.11 Å². The lowest BCUT2D eigenvalue weighted by atomic mass is 10.0. The van der Waals surface area contributed by atoms with Crippen molar-refractivity contribution in [2.24, 2.45) is 0 Å². The number of thiophene rings is 2. The molecule has 0 spiro atoms. The first-order chi connectivity index (χ1) is 11.3. The summed E-state index contributed by atoms with van der Waals surface area (Å²) in [7, 11) is 0. The van der Waals surface area contributed by atoms with Crippen molar-refractivity contribution < 1.29 is 5.11 Å². The lowest BCUT2D eigenvalue weighted by molar-refractivity contribution is 0.286. The molecule has 0 aliphatic rings. The smallest absolute Gasteiger partial charge is 0.127 e. The minimum absolute atomic E-state index is 0.0601. The first-order valence-electron chi connectivity index (χ1n) is 7.20. The number of nitrogens with zero attached hydrogens (tertiary/aromatic N) is 1. The van der Waals surface area contributed by atoms with Crippen molar-refractivity contribution in [1.29, 1.82) is 0 Å². The fourth-order valence-electron chi connectivity index (χ4n) is 2.68. The Bertz CT molecular complexity index is 960. The Labute approximate surface area is 141 Å². The van der Waals surface area contributed by atoms with Gasteiger partial charge in [-0.1, -0.05) is 36.4 Å². The zero-order valence-corrected chi connectivity index (χ0v) is 13.8. The zero-order valence-electron chi connectivity index (χ0n) is 12.2. The molecule has 0 bridgehead atoms. The van der Waals surface area contributed by atoms with Gasteiger partial charge in [0.2, 0.25) is 0 Å². The monoisotopic (exact) mass is 338 g/mol. The Morgan fingerprint density at radius 2 is 1.91 bits per heavy atom. The van der Waals surface area contributed by atoms with E-state index < -0.39 is 0 Å². The molecule has 1 aromatic carbocycles. The van der Waals surface area contributed by atoms with Gasteiger partial charge in [0.1, 0.15) is 4.83 Å². The molecule has 0 atom stereocenters. The van der Waals surface area contributed by atoms with Crippen LogP contribution >= 0.6 is 22.7 Å². The average molecular weight is 338 g/mol. The minimum atomic E-state index is -0.0601. The number of fused-ring (bicyclic) bond motifs is 1. The van der Waals surface area contributed by atoms with Crippen LogP contribution in [0, 0.1) is 0 Å². The van der Waals surface area contributed by atoms with E-state index in [0.717, 1.165) is 36.8 Å². The predicted molar refractivity (Wildman–Crippen MR) is 98.7 cm³/mol. The summed E-state index contributed by atoms with van der Waals surface area (Å²) in [5.74, 6) is 0. The second kappa shape index (κ2) is 5.77. The van der Waals surface area contributed by atoms with Crippen molar-refractivity contribution >= 4 is 38.6 Å². The van der Waals surface area contributed by atoms with Crippen LogP contribution in [0.1, 0.15) is 4.88 Å². The summed E-state index contributed by atoms with van der Waals surface area (Å²) in [5.41, 5.74) is 10.0. The Balaban J connectivity index is 2.06. The second-order valence-electron chi connectivity index (χ2n) is 5.18. The summed E-state index contributed by atoms with van der Waals surface area (Å²) in [4.78, 5) is 7.54. The van der Waals surface area contributed by atoms with Crippen LogP contribution in [0.25, 0.3) is 31.9 Å². The normalized spacial score (nSPS) is 11.2. The Kier molecular flexibility index (Phi) is 3.61. The summed E-state index contributed by atoms with van der Waals surface area (Å²) in [6, 6.07) is 16.4. The van der Waals surface area contributed by atoms with Crippen molar-refractivity contribution in [3.05, 3.63) is 58.8 Å². The summed E-state index contributed by atoms with van der Waals surface area (Å²) in [6.45, 7) is -0.0601. The molecule has 5 heteroatoms. The van der Waals surface area contributed by atoms with E-state index in [-0.39, 0.29) is 6.61 Å². The van der Waals surface area contributed by atoms with E-state index in [0.29, 0.717) is 5.69 Å². The third-order valence-corrected chi connectivity index (χ3v) is 5.75. The Morgan fingerprint density at radius 1 is 1.09 bits per heavy atom. The van der Waals surface area contributed by atoms with Gasteiger partial charge in [0, 0.05) is 5.39 Å². The summed E-state index contributed by atoms with van der Waals surface area (Å²) in [5, 5.41) is 12.5. The van der Waals surface area contributed by atoms with Crippen LogP contribution in [0.15, 0.2) is 53.9 Å². The van der Waals surface area contributed by atoms with Crippen LogP contribution in [-0.2, 0) is 6.61 Å². The molecule has 0 amide bonds. The largest absolute Gasteiger partial charge is 0.397 e. The van der Waals surface area contributed by atoms with Gasteiger partial charge in [-0.2, -0.15) is 0 Å². The van der Waals surface area contributed by atoms with Crippen LogP contribution in [0.2, 0.25) is 0 Å². The number of aliphatic hydroxyl groups excluding tert-OH is 1. The van der Waals surface area contributed by atoms with Crippen LogP contribution < -0.4 is 5.73 Å². The number of hydrogen-bond acceptors (Lipinski definition) is 5. The zero-order chi connectivity index (χ0) is 15.8. The molecular weight excluding hydrogens is 324 g/mol.